The Labute approximate surface area is 237 Å². The maximum Gasteiger partial charge on any atom is 0.282 e. The Hall–Kier alpha value is -3.40. The van der Waals surface area contributed by atoms with Gasteiger partial charge in [0.2, 0.25) is 0 Å². The quantitative estimate of drug-likeness (QED) is 0.222. The molecule has 1 aromatic heterocycles. The van der Waals surface area contributed by atoms with Crippen LogP contribution in [-0.4, -0.2) is 35.5 Å². The van der Waals surface area contributed by atoms with E-state index in [2.05, 4.69) is 31.3 Å². The Morgan fingerprint density at radius 1 is 1.13 bits per heavy atom. The van der Waals surface area contributed by atoms with Gasteiger partial charge in [0.05, 0.1) is 24.2 Å². The largest absolute Gasteiger partial charge is 0.493 e. The van der Waals surface area contributed by atoms with Gasteiger partial charge in [-0.1, -0.05) is 46.1 Å². The molecule has 0 bridgehead atoms. The van der Waals surface area contributed by atoms with Crippen molar-refractivity contribution in [3.05, 3.63) is 90.9 Å². The van der Waals surface area contributed by atoms with Crippen molar-refractivity contribution in [1.29, 1.82) is 0 Å². The van der Waals surface area contributed by atoms with E-state index in [1.807, 2.05) is 13.0 Å². The zero-order chi connectivity index (χ0) is 27.2. The van der Waals surface area contributed by atoms with E-state index < -0.39 is 5.91 Å². The molecule has 0 aliphatic heterocycles. The van der Waals surface area contributed by atoms with E-state index in [0.717, 1.165) is 10.9 Å². The van der Waals surface area contributed by atoms with Gasteiger partial charge >= 0.3 is 0 Å². The SMILES string of the molecule is CCCc1nc2ccc(Br)cc2c(=O)n1N=Cc1cc(Cl)cc(OC)c1OCC(=O)Nc1ccc(Cl)cc1. The highest BCUT2D eigenvalue weighted by Gasteiger charge is 2.15. The van der Waals surface area contributed by atoms with Crippen molar-refractivity contribution in [1.82, 2.24) is 9.66 Å². The first kappa shape index (κ1) is 27.6. The molecule has 0 unspecified atom stereocenters. The van der Waals surface area contributed by atoms with Crippen molar-refractivity contribution in [3.63, 3.8) is 0 Å². The van der Waals surface area contributed by atoms with Gasteiger partial charge in [0.15, 0.2) is 18.1 Å². The molecule has 4 rings (SSSR count). The van der Waals surface area contributed by atoms with Gasteiger partial charge in [-0.15, -0.1) is 0 Å². The van der Waals surface area contributed by atoms with Gasteiger partial charge in [-0.3, -0.25) is 9.59 Å². The molecular formula is C27H23BrCl2N4O4. The Bertz CT molecular complexity index is 1570. The van der Waals surface area contributed by atoms with E-state index in [0.29, 0.717) is 50.2 Å². The van der Waals surface area contributed by atoms with Crippen LogP contribution in [-0.2, 0) is 11.2 Å². The molecule has 196 valence electrons. The maximum absolute atomic E-state index is 13.3. The number of carbonyl (C=O) groups excluding carboxylic acids is 1. The predicted molar refractivity (Wildman–Crippen MR) is 154 cm³/mol. The summed E-state index contributed by atoms with van der Waals surface area (Å²) in [5.74, 6) is 0.675. The number of aromatic nitrogens is 2. The zero-order valence-electron chi connectivity index (χ0n) is 20.5. The van der Waals surface area contributed by atoms with Crippen molar-refractivity contribution in [2.45, 2.75) is 19.8 Å². The lowest BCUT2D eigenvalue weighted by atomic mass is 10.2. The fraction of sp³-hybridized carbons (Fsp3) is 0.185. The van der Waals surface area contributed by atoms with Crippen LogP contribution in [0.4, 0.5) is 5.69 Å². The molecule has 38 heavy (non-hydrogen) atoms. The number of nitrogens with one attached hydrogen (secondary N) is 1. The second-order valence-corrected chi connectivity index (χ2v) is 9.96. The van der Waals surface area contributed by atoms with Crippen molar-refractivity contribution >= 4 is 67.8 Å². The van der Waals surface area contributed by atoms with Crippen molar-refractivity contribution in [3.8, 4) is 11.5 Å². The van der Waals surface area contributed by atoms with E-state index in [9.17, 15) is 9.59 Å². The number of hydrogen-bond donors (Lipinski definition) is 1. The lowest BCUT2D eigenvalue weighted by molar-refractivity contribution is -0.118. The molecule has 0 saturated carbocycles. The van der Waals surface area contributed by atoms with Crippen molar-refractivity contribution in [2.24, 2.45) is 5.10 Å². The van der Waals surface area contributed by atoms with Gasteiger partial charge in [-0.2, -0.15) is 9.78 Å². The number of ether oxygens (including phenoxy) is 2. The Balaban J connectivity index is 1.67. The van der Waals surface area contributed by atoms with E-state index in [-0.39, 0.29) is 17.9 Å². The number of rotatable bonds is 9. The summed E-state index contributed by atoms with van der Waals surface area (Å²) in [6.07, 6.45) is 2.75. The highest BCUT2D eigenvalue weighted by molar-refractivity contribution is 9.10. The zero-order valence-corrected chi connectivity index (χ0v) is 23.6. The van der Waals surface area contributed by atoms with Gasteiger partial charge in [0.1, 0.15) is 5.82 Å². The molecule has 1 heterocycles. The van der Waals surface area contributed by atoms with Crippen LogP contribution in [0.5, 0.6) is 11.5 Å². The maximum atomic E-state index is 13.3. The molecular weight excluding hydrogens is 595 g/mol. The van der Waals surface area contributed by atoms with Crippen molar-refractivity contribution in [2.75, 3.05) is 19.0 Å². The number of carbonyl (C=O) groups is 1. The van der Waals surface area contributed by atoms with E-state index in [1.54, 1.807) is 48.5 Å². The molecule has 0 saturated heterocycles. The van der Waals surface area contributed by atoms with Crippen LogP contribution in [0, 0.1) is 0 Å². The minimum absolute atomic E-state index is 0.244. The molecule has 4 aromatic rings. The number of amides is 1. The fourth-order valence-electron chi connectivity index (χ4n) is 3.68. The van der Waals surface area contributed by atoms with Crippen LogP contribution in [0.2, 0.25) is 10.0 Å². The third-order valence-corrected chi connectivity index (χ3v) is 6.37. The minimum atomic E-state index is -0.391. The normalized spacial score (nSPS) is 11.2. The smallest absolute Gasteiger partial charge is 0.282 e. The number of nitrogens with zero attached hydrogens (tertiary/aromatic N) is 3. The second-order valence-electron chi connectivity index (χ2n) is 8.17. The number of methoxy groups -OCH3 is 1. The van der Waals surface area contributed by atoms with Crippen LogP contribution in [0.25, 0.3) is 10.9 Å². The second kappa shape index (κ2) is 12.4. The molecule has 0 radical (unpaired) electrons. The van der Waals surface area contributed by atoms with Crippen LogP contribution in [0.1, 0.15) is 24.7 Å². The average molecular weight is 618 g/mol. The third-order valence-electron chi connectivity index (χ3n) is 5.41. The first-order chi connectivity index (χ1) is 18.3. The molecule has 0 atom stereocenters. The monoisotopic (exact) mass is 616 g/mol. The van der Waals surface area contributed by atoms with Crippen LogP contribution in [0.3, 0.4) is 0 Å². The topological polar surface area (TPSA) is 94.8 Å². The fourth-order valence-corrected chi connectivity index (χ4v) is 4.38. The highest BCUT2D eigenvalue weighted by atomic mass is 79.9. The number of benzene rings is 3. The summed E-state index contributed by atoms with van der Waals surface area (Å²) in [5, 5.41) is 8.53. The average Bonchev–Trinajstić information content (AvgIpc) is 2.89. The van der Waals surface area contributed by atoms with Gasteiger partial charge < -0.3 is 14.8 Å². The summed E-state index contributed by atoms with van der Waals surface area (Å²) in [6, 6.07) is 15.2. The first-order valence-corrected chi connectivity index (χ1v) is 13.1. The molecule has 0 fully saturated rings. The minimum Gasteiger partial charge on any atom is -0.493 e. The number of halogens is 3. The van der Waals surface area contributed by atoms with Gasteiger partial charge in [-0.25, -0.2) is 4.98 Å². The van der Waals surface area contributed by atoms with Crippen molar-refractivity contribution < 1.29 is 14.3 Å². The molecule has 8 nitrogen and oxygen atoms in total. The highest BCUT2D eigenvalue weighted by Crippen LogP contribution is 2.34. The summed E-state index contributed by atoms with van der Waals surface area (Å²) in [6.45, 7) is 1.68. The molecule has 3 aromatic carbocycles. The van der Waals surface area contributed by atoms with Crippen LogP contribution in [0.15, 0.2) is 69.0 Å². The standard InChI is InChI=1S/C27H23BrCl2N4O4/c1-3-4-24-33-22-10-5-17(28)12-21(22)27(36)34(24)31-14-16-11-19(30)13-23(37-2)26(16)38-15-25(35)32-20-8-6-18(29)7-9-20/h5-14H,3-4,15H2,1-2H3,(H,32,35). The number of anilines is 1. The summed E-state index contributed by atoms with van der Waals surface area (Å²) >= 11 is 15.6. The molecule has 1 amide bonds. The van der Waals surface area contributed by atoms with Gasteiger partial charge in [-0.05, 0) is 55.0 Å². The molecule has 0 aliphatic carbocycles. The summed E-state index contributed by atoms with van der Waals surface area (Å²) in [5.41, 5.74) is 1.27. The lowest BCUT2D eigenvalue weighted by Gasteiger charge is -2.14. The van der Waals surface area contributed by atoms with Gasteiger partial charge in [0, 0.05) is 38.3 Å². The van der Waals surface area contributed by atoms with E-state index >= 15 is 0 Å². The number of hydrogen-bond acceptors (Lipinski definition) is 6. The lowest BCUT2D eigenvalue weighted by Crippen LogP contribution is -2.22. The number of fused-ring (bicyclic) bond motifs is 1. The third kappa shape index (κ3) is 6.53. The predicted octanol–water partition coefficient (Wildman–Crippen LogP) is 6.33. The molecule has 0 spiro atoms. The number of aryl methyl sites for hydroxylation is 1. The first-order valence-electron chi connectivity index (χ1n) is 11.6. The Morgan fingerprint density at radius 3 is 2.61 bits per heavy atom. The summed E-state index contributed by atoms with van der Waals surface area (Å²) < 4.78 is 13.3. The molecule has 11 heteroatoms. The van der Waals surface area contributed by atoms with Crippen LogP contribution >= 0.6 is 39.1 Å². The summed E-state index contributed by atoms with van der Waals surface area (Å²) in [7, 11) is 1.46. The Morgan fingerprint density at radius 2 is 1.89 bits per heavy atom. The molecule has 0 aliphatic rings. The molecule has 1 N–H and O–H groups in total. The van der Waals surface area contributed by atoms with Gasteiger partial charge in [0.25, 0.3) is 11.5 Å². The summed E-state index contributed by atoms with van der Waals surface area (Å²) in [4.78, 5) is 30.5. The van der Waals surface area contributed by atoms with E-state index in [4.69, 9.17) is 32.7 Å². The van der Waals surface area contributed by atoms with E-state index in [1.165, 1.54) is 18.0 Å². The van der Waals surface area contributed by atoms with Crippen LogP contribution < -0.4 is 20.3 Å². The Kier molecular flexibility index (Phi) is 9.04.